The van der Waals surface area contributed by atoms with E-state index in [0.717, 1.165) is 36.5 Å². The molecule has 4 rings (SSSR count). The third-order valence-corrected chi connectivity index (χ3v) is 5.72. The quantitative estimate of drug-likeness (QED) is 0.626. The number of benzene rings is 2. The van der Waals surface area contributed by atoms with Crippen molar-refractivity contribution in [2.45, 2.75) is 19.4 Å². The summed E-state index contributed by atoms with van der Waals surface area (Å²) in [6.45, 7) is 3.09. The van der Waals surface area contributed by atoms with Crippen molar-refractivity contribution in [2.75, 3.05) is 39.7 Å². The average molecular weight is 425 g/mol. The number of hydrogen-bond acceptors (Lipinski definition) is 6. The Hall–Kier alpha value is -3.26. The van der Waals surface area contributed by atoms with Gasteiger partial charge in [-0.25, -0.2) is 4.98 Å². The van der Waals surface area contributed by atoms with Gasteiger partial charge in [-0.2, -0.15) is 0 Å². The lowest BCUT2D eigenvalue weighted by molar-refractivity contribution is 0.102. The zero-order chi connectivity index (χ0) is 22.0. The third kappa shape index (κ3) is 4.16. The number of hydrogen-bond donors (Lipinski definition) is 1. The standard InChI is InChI=1S/C23H28N4O4/c1-26-18-8-7-16(13-17(18)25-21(26)14-27-9-5-6-10-27)24-23(28)15-11-19(29-2)22(31-4)20(12-15)30-3/h7-8,11-13H,5-6,9-10,14H2,1-4H3,(H,24,28). The van der Waals surface area contributed by atoms with Crippen LogP contribution in [0.2, 0.25) is 0 Å². The number of methoxy groups -OCH3 is 3. The first-order valence-corrected chi connectivity index (χ1v) is 10.3. The molecule has 1 amide bonds. The van der Waals surface area contributed by atoms with E-state index in [2.05, 4.69) is 14.8 Å². The van der Waals surface area contributed by atoms with E-state index >= 15 is 0 Å². The van der Waals surface area contributed by atoms with Crippen LogP contribution in [0, 0.1) is 0 Å². The second-order valence-electron chi connectivity index (χ2n) is 7.64. The summed E-state index contributed by atoms with van der Waals surface area (Å²) < 4.78 is 18.1. The number of fused-ring (bicyclic) bond motifs is 1. The average Bonchev–Trinajstić information content (AvgIpc) is 3.40. The summed E-state index contributed by atoms with van der Waals surface area (Å²) in [6, 6.07) is 9.03. The summed E-state index contributed by atoms with van der Waals surface area (Å²) in [7, 11) is 6.61. The molecule has 31 heavy (non-hydrogen) atoms. The number of nitrogens with zero attached hydrogens (tertiary/aromatic N) is 3. The molecule has 1 aromatic heterocycles. The molecule has 1 aliphatic rings. The van der Waals surface area contributed by atoms with Crippen LogP contribution in [0.1, 0.15) is 29.0 Å². The Labute approximate surface area is 181 Å². The smallest absolute Gasteiger partial charge is 0.255 e. The van der Waals surface area contributed by atoms with Crippen molar-refractivity contribution in [2.24, 2.45) is 7.05 Å². The molecule has 2 heterocycles. The number of amides is 1. The van der Waals surface area contributed by atoms with Crippen LogP contribution in [0.25, 0.3) is 11.0 Å². The van der Waals surface area contributed by atoms with Crippen molar-refractivity contribution in [3.8, 4) is 17.2 Å². The predicted octanol–water partition coefficient (Wildman–Crippen LogP) is 3.45. The van der Waals surface area contributed by atoms with Crippen molar-refractivity contribution in [1.82, 2.24) is 14.5 Å². The van der Waals surface area contributed by atoms with E-state index in [-0.39, 0.29) is 5.91 Å². The van der Waals surface area contributed by atoms with Crippen LogP contribution in [0.5, 0.6) is 17.2 Å². The summed E-state index contributed by atoms with van der Waals surface area (Å²) in [5, 5.41) is 2.94. The van der Waals surface area contributed by atoms with E-state index in [1.165, 1.54) is 34.2 Å². The molecule has 3 aromatic rings. The van der Waals surface area contributed by atoms with Crippen LogP contribution in [0.15, 0.2) is 30.3 Å². The number of anilines is 1. The molecule has 8 nitrogen and oxygen atoms in total. The largest absolute Gasteiger partial charge is 0.493 e. The van der Waals surface area contributed by atoms with Crippen molar-refractivity contribution in [1.29, 1.82) is 0 Å². The fourth-order valence-electron chi connectivity index (χ4n) is 4.03. The molecule has 164 valence electrons. The van der Waals surface area contributed by atoms with Crippen molar-refractivity contribution in [3.05, 3.63) is 41.7 Å². The molecule has 0 saturated carbocycles. The second kappa shape index (κ2) is 8.85. The van der Waals surface area contributed by atoms with Gasteiger partial charge in [-0.15, -0.1) is 0 Å². The molecule has 0 aliphatic carbocycles. The number of imidazole rings is 1. The molecule has 0 atom stereocenters. The Bertz CT molecular complexity index is 1080. The lowest BCUT2D eigenvalue weighted by Gasteiger charge is -2.14. The lowest BCUT2D eigenvalue weighted by atomic mass is 10.1. The van der Waals surface area contributed by atoms with E-state index in [1.54, 1.807) is 12.1 Å². The highest BCUT2D eigenvalue weighted by Crippen LogP contribution is 2.38. The Balaban J connectivity index is 1.57. The minimum Gasteiger partial charge on any atom is -0.493 e. The summed E-state index contributed by atoms with van der Waals surface area (Å²) >= 11 is 0. The monoisotopic (exact) mass is 424 g/mol. The predicted molar refractivity (Wildman–Crippen MR) is 119 cm³/mol. The Morgan fingerprint density at radius 3 is 2.32 bits per heavy atom. The van der Waals surface area contributed by atoms with Crippen LogP contribution in [-0.2, 0) is 13.6 Å². The van der Waals surface area contributed by atoms with Crippen LogP contribution in [0.4, 0.5) is 5.69 Å². The van der Waals surface area contributed by atoms with Gasteiger partial charge in [-0.3, -0.25) is 9.69 Å². The summed E-state index contributed by atoms with van der Waals surface area (Å²) in [4.78, 5) is 20.1. The van der Waals surface area contributed by atoms with E-state index in [1.807, 2.05) is 25.2 Å². The van der Waals surface area contributed by atoms with Gasteiger partial charge in [0.2, 0.25) is 5.75 Å². The number of ether oxygens (including phenoxy) is 3. The third-order valence-electron chi connectivity index (χ3n) is 5.72. The van der Waals surface area contributed by atoms with Gasteiger partial charge in [0.05, 0.1) is 38.9 Å². The highest BCUT2D eigenvalue weighted by atomic mass is 16.5. The maximum atomic E-state index is 12.9. The second-order valence-corrected chi connectivity index (χ2v) is 7.64. The van der Waals surface area contributed by atoms with Gasteiger partial charge in [0.15, 0.2) is 11.5 Å². The van der Waals surface area contributed by atoms with Gasteiger partial charge >= 0.3 is 0 Å². The van der Waals surface area contributed by atoms with Gasteiger partial charge < -0.3 is 24.1 Å². The molecular weight excluding hydrogens is 396 g/mol. The fraction of sp³-hybridized carbons (Fsp3) is 0.391. The molecule has 0 bridgehead atoms. The van der Waals surface area contributed by atoms with Crippen LogP contribution in [-0.4, -0.2) is 54.8 Å². The molecule has 1 fully saturated rings. The number of rotatable bonds is 7. The number of carbonyl (C=O) groups excluding carboxylic acids is 1. The summed E-state index contributed by atoms with van der Waals surface area (Å²) in [5.41, 5.74) is 2.99. The zero-order valence-corrected chi connectivity index (χ0v) is 18.4. The van der Waals surface area contributed by atoms with Crippen LogP contribution < -0.4 is 19.5 Å². The molecule has 8 heteroatoms. The highest BCUT2D eigenvalue weighted by Gasteiger charge is 2.19. The van der Waals surface area contributed by atoms with Gasteiger partial charge in [0.25, 0.3) is 5.91 Å². The minimum atomic E-state index is -0.271. The van der Waals surface area contributed by atoms with Crippen molar-refractivity contribution in [3.63, 3.8) is 0 Å². The first kappa shape index (κ1) is 21.0. The fourth-order valence-corrected chi connectivity index (χ4v) is 4.03. The molecule has 0 radical (unpaired) electrons. The van der Waals surface area contributed by atoms with Gasteiger partial charge in [-0.1, -0.05) is 0 Å². The van der Waals surface area contributed by atoms with E-state index < -0.39 is 0 Å². The Morgan fingerprint density at radius 2 is 1.71 bits per heavy atom. The highest BCUT2D eigenvalue weighted by molar-refractivity contribution is 6.05. The van der Waals surface area contributed by atoms with Gasteiger partial charge in [-0.05, 0) is 56.3 Å². The van der Waals surface area contributed by atoms with Crippen LogP contribution >= 0.6 is 0 Å². The topological polar surface area (TPSA) is 77.9 Å². The van der Waals surface area contributed by atoms with E-state index in [9.17, 15) is 4.79 Å². The van der Waals surface area contributed by atoms with E-state index in [4.69, 9.17) is 19.2 Å². The maximum Gasteiger partial charge on any atom is 0.255 e. The first-order valence-electron chi connectivity index (χ1n) is 10.3. The number of aryl methyl sites for hydroxylation is 1. The number of likely N-dealkylation sites (tertiary alicyclic amines) is 1. The molecular formula is C23H28N4O4. The Kier molecular flexibility index (Phi) is 5.99. The summed E-state index contributed by atoms with van der Waals surface area (Å²) in [5.74, 6) is 2.07. The molecule has 1 aliphatic heterocycles. The normalized spacial score (nSPS) is 14.1. The molecule has 0 spiro atoms. The number of aromatic nitrogens is 2. The number of nitrogens with one attached hydrogen (secondary N) is 1. The van der Waals surface area contributed by atoms with Crippen molar-refractivity contribution < 1.29 is 19.0 Å². The number of carbonyl (C=O) groups is 1. The summed E-state index contributed by atoms with van der Waals surface area (Å²) in [6.07, 6.45) is 2.50. The SMILES string of the molecule is COc1cc(C(=O)Nc2ccc3c(c2)nc(CN2CCCC2)n3C)cc(OC)c1OC. The first-order chi connectivity index (χ1) is 15.0. The lowest BCUT2D eigenvalue weighted by Crippen LogP contribution is -2.20. The molecule has 2 aromatic carbocycles. The van der Waals surface area contributed by atoms with Gasteiger partial charge in [0.1, 0.15) is 5.82 Å². The molecule has 1 saturated heterocycles. The van der Waals surface area contributed by atoms with Gasteiger partial charge in [0, 0.05) is 18.3 Å². The zero-order valence-electron chi connectivity index (χ0n) is 18.4. The van der Waals surface area contributed by atoms with E-state index in [0.29, 0.717) is 28.5 Å². The van der Waals surface area contributed by atoms with Crippen LogP contribution in [0.3, 0.4) is 0 Å². The Morgan fingerprint density at radius 1 is 1.03 bits per heavy atom. The molecule has 0 unspecified atom stereocenters. The minimum absolute atomic E-state index is 0.271. The maximum absolute atomic E-state index is 12.9. The van der Waals surface area contributed by atoms with Crippen molar-refractivity contribution >= 4 is 22.6 Å². The molecule has 1 N–H and O–H groups in total.